The minimum atomic E-state index is -3.95. The maximum absolute atomic E-state index is 14.6. The van der Waals surface area contributed by atoms with Gasteiger partial charge in [0.15, 0.2) is 0 Å². The zero-order valence-electron chi connectivity index (χ0n) is 31.9. The van der Waals surface area contributed by atoms with Gasteiger partial charge in [0.25, 0.3) is 5.91 Å². The number of hydrogen-bond acceptors (Lipinski definition) is 10. The first-order valence-electron chi connectivity index (χ1n) is 17.6. The van der Waals surface area contributed by atoms with Crippen LogP contribution in [0.4, 0.5) is 4.79 Å². The molecule has 54 heavy (non-hydrogen) atoms. The fraction of sp³-hybridized carbons (Fsp3) is 0.462. The van der Waals surface area contributed by atoms with E-state index >= 15 is 0 Å². The first kappa shape index (κ1) is 40.0. The lowest BCUT2D eigenvalue weighted by molar-refractivity contribution is -0.143. The lowest BCUT2D eigenvalue weighted by atomic mass is 9.85. The molecular formula is C39H49N5O9S. The van der Waals surface area contributed by atoms with Gasteiger partial charge >= 0.3 is 6.09 Å². The number of benzene rings is 2. The number of ether oxygens (including phenoxy) is 3. The van der Waals surface area contributed by atoms with Gasteiger partial charge in [0, 0.05) is 35.4 Å². The lowest BCUT2D eigenvalue weighted by Gasteiger charge is -2.36. The fourth-order valence-corrected chi connectivity index (χ4v) is 7.07. The third-order valence-electron chi connectivity index (χ3n) is 9.29. The van der Waals surface area contributed by atoms with Crippen LogP contribution in [0.2, 0.25) is 0 Å². The Morgan fingerprint density at radius 3 is 2.30 bits per heavy atom. The number of hydrogen-bond donors (Lipinski definition) is 3. The molecule has 0 bridgehead atoms. The van der Waals surface area contributed by atoms with E-state index in [-0.39, 0.29) is 19.4 Å². The van der Waals surface area contributed by atoms with Gasteiger partial charge in [-0.1, -0.05) is 57.2 Å². The van der Waals surface area contributed by atoms with E-state index in [9.17, 15) is 27.6 Å². The number of nitrogens with one attached hydrogen (secondary N) is 3. The molecule has 1 saturated carbocycles. The smallest absolute Gasteiger partial charge is 0.408 e. The SMILES string of the molecule is C=C[C@@H]1C[C@]1(NC(=O)[C@H]1C[C@@H](Oc2cc(-c3ccccc3)nc3cc(OC)ccc23)CN1C(=O)[C@@H](NC(=O)OC(C)(C)C)C(C)(C)C)C(=O)NS(C)(=O)=O. The summed E-state index contributed by atoms with van der Waals surface area (Å²) >= 11 is 0. The van der Waals surface area contributed by atoms with E-state index in [1.807, 2.05) is 41.1 Å². The van der Waals surface area contributed by atoms with Crippen molar-refractivity contribution in [1.82, 2.24) is 25.2 Å². The molecule has 14 nitrogen and oxygen atoms in total. The quantitative estimate of drug-likeness (QED) is 0.238. The Morgan fingerprint density at radius 1 is 1.04 bits per heavy atom. The Bertz CT molecular complexity index is 2060. The number of likely N-dealkylation sites (tertiary alicyclic amines) is 1. The van der Waals surface area contributed by atoms with E-state index in [1.165, 1.54) is 11.0 Å². The molecule has 15 heteroatoms. The van der Waals surface area contributed by atoms with Gasteiger partial charge in [0.05, 0.1) is 31.1 Å². The van der Waals surface area contributed by atoms with Gasteiger partial charge in [0.2, 0.25) is 21.8 Å². The average Bonchev–Trinajstić information content (AvgIpc) is 3.64. The summed E-state index contributed by atoms with van der Waals surface area (Å²) in [5, 5.41) is 6.13. The maximum Gasteiger partial charge on any atom is 0.408 e. The molecule has 3 N–H and O–H groups in total. The Kier molecular flexibility index (Phi) is 11.1. The molecule has 290 valence electrons. The molecule has 2 aliphatic rings. The number of alkyl carbamates (subject to hydrolysis) is 1. The van der Waals surface area contributed by atoms with Crippen molar-refractivity contribution in [3.63, 3.8) is 0 Å². The predicted octanol–water partition coefficient (Wildman–Crippen LogP) is 4.33. The number of rotatable bonds is 11. The van der Waals surface area contributed by atoms with Crippen molar-refractivity contribution >= 4 is 44.7 Å². The highest BCUT2D eigenvalue weighted by Gasteiger charge is 2.61. The summed E-state index contributed by atoms with van der Waals surface area (Å²) in [4.78, 5) is 61.3. The topological polar surface area (TPSA) is 182 Å². The normalized spacial score (nSPS) is 21.8. The van der Waals surface area contributed by atoms with Gasteiger partial charge in [-0.2, -0.15) is 0 Å². The number of fused-ring (bicyclic) bond motifs is 1. The highest BCUT2D eigenvalue weighted by atomic mass is 32.2. The molecular weight excluding hydrogens is 715 g/mol. The monoisotopic (exact) mass is 763 g/mol. The molecule has 4 amide bonds. The Balaban J connectivity index is 1.52. The van der Waals surface area contributed by atoms with Crippen LogP contribution in [0.5, 0.6) is 11.5 Å². The molecule has 3 aromatic rings. The number of sulfonamides is 1. The summed E-state index contributed by atoms with van der Waals surface area (Å²) in [5.41, 5.74) is -1.19. The van der Waals surface area contributed by atoms with Crippen molar-refractivity contribution in [1.29, 1.82) is 0 Å². The zero-order chi connectivity index (χ0) is 39.8. The van der Waals surface area contributed by atoms with Gasteiger partial charge in [-0.15, -0.1) is 6.58 Å². The minimum Gasteiger partial charge on any atom is -0.497 e. The van der Waals surface area contributed by atoms with E-state index in [1.54, 1.807) is 66.9 Å². The number of aromatic nitrogens is 1. The molecule has 2 heterocycles. The van der Waals surface area contributed by atoms with Crippen LogP contribution < -0.4 is 24.8 Å². The van der Waals surface area contributed by atoms with Crippen molar-refractivity contribution in [2.24, 2.45) is 11.3 Å². The van der Waals surface area contributed by atoms with Crippen LogP contribution >= 0.6 is 0 Å². The summed E-state index contributed by atoms with van der Waals surface area (Å²) in [7, 11) is -2.39. The van der Waals surface area contributed by atoms with Crippen LogP contribution in [0.25, 0.3) is 22.2 Å². The van der Waals surface area contributed by atoms with Crippen molar-refractivity contribution in [2.75, 3.05) is 19.9 Å². The highest BCUT2D eigenvalue weighted by Crippen LogP contribution is 2.45. The average molecular weight is 764 g/mol. The molecule has 0 radical (unpaired) electrons. The molecule has 5 atom stereocenters. The van der Waals surface area contributed by atoms with Gasteiger partial charge in [0.1, 0.15) is 40.8 Å². The summed E-state index contributed by atoms with van der Waals surface area (Å²) in [6, 6.07) is 14.4. The number of pyridine rings is 1. The van der Waals surface area contributed by atoms with Gasteiger partial charge in [-0.3, -0.25) is 19.1 Å². The molecule has 1 saturated heterocycles. The van der Waals surface area contributed by atoms with Crippen LogP contribution in [0.15, 0.2) is 67.3 Å². The number of amides is 4. The Labute approximate surface area is 316 Å². The van der Waals surface area contributed by atoms with Gasteiger partial charge < -0.3 is 29.7 Å². The van der Waals surface area contributed by atoms with E-state index < -0.39 is 74.5 Å². The van der Waals surface area contributed by atoms with Gasteiger partial charge in [-0.05, 0) is 44.7 Å². The van der Waals surface area contributed by atoms with E-state index in [2.05, 4.69) is 17.2 Å². The molecule has 5 rings (SSSR count). The van der Waals surface area contributed by atoms with Crippen molar-refractivity contribution < 1.29 is 41.8 Å². The standard InChI is InChI=1S/C39H49N5O9S/c1-10-24-21-39(24,35(47)43-54(9,49)50)42-33(45)30-19-26(22-44(30)34(46)32(37(2,3)4)41-36(48)53-38(5,6)7)52-31-20-28(23-14-12-11-13-15-23)40-29-18-25(51-8)16-17-27(29)31/h10-18,20,24,26,30,32H,1,19,21-22H2,2-9H3,(H,41,48)(H,42,45)(H,43,47)/t24-,26-,30-,32-,39-/m1/s1. The van der Waals surface area contributed by atoms with Crippen LogP contribution in [0, 0.1) is 11.3 Å². The second-order valence-electron chi connectivity index (χ2n) is 15.9. The molecule has 0 unspecified atom stereocenters. The minimum absolute atomic E-state index is 0.00401. The van der Waals surface area contributed by atoms with Crippen LogP contribution in [0.3, 0.4) is 0 Å². The molecule has 2 aromatic carbocycles. The molecule has 1 aromatic heterocycles. The van der Waals surface area contributed by atoms with Crippen molar-refractivity contribution in [3.8, 4) is 22.8 Å². The first-order chi connectivity index (χ1) is 25.1. The Morgan fingerprint density at radius 2 is 1.72 bits per heavy atom. The maximum atomic E-state index is 14.6. The predicted molar refractivity (Wildman–Crippen MR) is 203 cm³/mol. The van der Waals surface area contributed by atoms with E-state index in [4.69, 9.17) is 19.2 Å². The number of carbonyl (C=O) groups excluding carboxylic acids is 4. The summed E-state index contributed by atoms with van der Waals surface area (Å²) in [6.45, 7) is 14.1. The van der Waals surface area contributed by atoms with Crippen LogP contribution in [-0.2, 0) is 29.1 Å². The third-order valence-corrected chi connectivity index (χ3v) is 9.85. The fourth-order valence-electron chi connectivity index (χ4n) is 6.55. The summed E-state index contributed by atoms with van der Waals surface area (Å²) in [5.74, 6) is -1.66. The summed E-state index contributed by atoms with van der Waals surface area (Å²) < 4.78 is 43.6. The third kappa shape index (κ3) is 9.12. The lowest BCUT2D eigenvalue weighted by Crippen LogP contribution is -2.60. The van der Waals surface area contributed by atoms with E-state index in [0.717, 1.165) is 11.8 Å². The van der Waals surface area contributed by atoms with Gasteiger partial charge in [-0.25, -0.2) is 18.2 Å². The molecule has 2 fully saturated rings. The second-order valence-corrected chi connectivity index (χ2v) is 17.6. The number of methoxy groups -OCH3 is 1. The number of carbonyl (C=O) groups is 4. The van der Waals surface area contributed by atoms with Crippen LogP contribution in [-0.4, -0.2) is 91.4 Å². The summed E-state index contributed by atoms with van der Waals surface area (Å²) in [6.07, 6.45) is 0.892. The largest absolute Gasteiger partial charge is 0.497 e. The Hall–Kier alpha value is -5.18. The molecule has 1 aliphatic carbocycles. The zero-order valence-corrected chi connectivity index (χ0v) is 32.7. The van der Waals surface area contributed by atoms with Crippen LogP contribution in [0.1, 0.15) is 54.4 Å². The van der Waals surface area contributed by atoms with Crippen molar-refractivity contribution in [2.45, 2.75) is 83.7 Å². The van der Waals surface area contributed by atoms with E-state index in [0.29, 0.717) is 28.1 Å². The number of nitrogens with zero attached hydrogens (tertiary/aromatic N) is 2. The molecule has 1 aliphatic heterocycles. The molecule has 0 spiro atoms. The first-order valence-corrected chi connectivity index (χ1v) is 19.5. The second kappa shape index (κ2) is 14.9. The van der Waals surface area contributed by atoms with Crippen molar-refractivity contribution in [3.05, 3.63) is 67.3 Å². The highest BCUT2D eigenvalue weighted by molar-refractivity contribution is 7.89.